The molecule has 0 aromatic heterocycles. The van der Waals surface area contributed by atoms with Crippen molar-refractivity contribution < 1.29 is 12.8 Å². The van der Waals surface area contributed by atoms with Gasteiger partial charge in [0.1, 0.15) is 5.82 Å². The summed E-state index contributed by atoms with van der Waals surface area (Å²) in [6.45, 7) is 1.92. The summed E-state index contributed by atoms with van der Waals surface area (Å²) in [5.74, 6) is -0.266. The molecule has 2 rings (SSSR count). The zero-order valence-corrected chi connectivity index (χ0v) is 12.4. The van der Waals surface area contributed by atoms with Gasteiger partial charge < -0.3 is 5.32 Å². The first-order valence-electron chi connectivity index (χ1n) is 5.79. The summed E-state index contributed by atoms with van der Waals surface area (Å²) in [6, 6.07) is 4.31. The maximum atomic E-state index is 13.9. The van der Waals surface area contributed by atoms with E-state index in [0.29, 0.717) is 16.5 Å². The van der Waals surface area contributed by atoms with Crippen LogP contribution in [0.2, 0.25) is 0 Å². The lowest BCUT2D eigenvalue weighted by molar-refractivity contribution is 0.467. The van der Waals surface area contributed by atoms with Crippen molar-refractivity contribution in [2.24, 2.45) is 0 Å². The van der Waals surface area contributed by atoms with Gasteiger partial charge in [-0.15, -0.1) is 0 Å². The molecule has 1 saturated heterocycles. The molecule has 1 heterocycles. The van der Waals surface area contributed by atoms with Crippen LogP contribution in [-0.2, 0) is 9.84 Å². The molecule has 100 valence electrons. The van der Waals surface area contributed by atoms with Crippen LogP contribution in [0, 0.1) is 5.82 Å². The summed E-state index contributed by atoms with van der Waals surface area (Å²) < 4.78 is 38.1. The highest BCUT2D eigenvalue weighted by atomic mass is 79.9. The summed E-state index contributed by atoms with van der Waals surface area (Å²) in [4.78, 5) is 0. The van der Waals surface area contributed by atoms with E-state index in [1.54, 1.807) is 12.1 Å². The largest absolute Gasteiger partial charge is 0.306 e. The van der Waals surface area contributed by atoms with Gasteiger partial charge in [-0.1, -0.05) is 22.0 Å². The van der Waals surface area contributed by atoms with E-state index in [2.05, 4.69) is 21.2 Å². The Morgan fingerprint density at radius 1 is 1.44 bits per heavy atom. The van der Waals surface area contributed by atoms with E-state index in [4.69, 9.17) is 0 Å². The molecule has 1 aromatic rings. The predicted molar refractivity (Wildman–Crippen MR) is 72.7 cm³/mol. The highest BCUT2D eigenvalue weighted by Crippen LogP contribution is 2.25. The zero-order valence-electron chi connectivity index (χ0n) is 9.99. The minimum atomic E-state index is -3.12. The van der Waals surface area contributed by atoms with Gasteiger partial charge in [-0.05, 0) is 25.5 Å². The molecule has 2 atom stereocenters. The van der Waals surface area contributed by atoms with Gasteiger partial charge in [0.05, 0.1) is 11.5 Å². The maximum absolute atomic E-state index is 13.9. The molecule has 0 spiro atoms. The molecule has 0 radical (unpaired) electrons. The molecule has 0 bridgehead atoms. The highest BCUT2D eigenvalue weighted by Gasteiger charge is 2.28. The first kappa shape index (κ1) is 14.0. The van der Waals surface area contributed by atoms with Crippen molar-refractivity contribution in [3.05, 3.63) is 34.1 Å². The average molecular weight is 336 g/mol. The Labute approximate surface area is 115 Å². The van der Waals surface area contributed by atoms with Crippen LogP contribution in [0.5, 0.6) is 0 Å². The van der Waals surface area contributed by atoms with E-state index in [0.717, 1.165) is 0 Å². The third-order valence-electron chi connectivity index (χ3n) is 3.11. The number of hydrogen-bond acceptors (Lipinski definition) is 3. The summed E-state index contributed by atoms with van der Waals surface area (Å²) in [7, 11) is -3.12. The Kier molecular flexibility index (Phi) is 4.08. The Bertz CT molecular complexity index is 547. The summed E-state index contributed by atoms with van der Waals surface area (Å²) in [5, 5.41) is 3.18. The standard InChI is InChI=1S/C12H15BrFNO2S/c1-8-4-5-18(16,17)7-12(15-8)10-3-2-9(13)6-11(10)14/h2-3,6,8,12,15H,4-5,7H2,1H3. The fourth-order valence-corrected chi connectivity index (χ4v) is 4.13. The molecule has 0 aliphatic carbocycles. The SMILES string of the molecule is CC1CCS(=O)(=O)CC(c2ccc(Br)cc2F)N1. The lowest BCUT2D eigenvalue weighted by Gasteiger charge is -2.20. The number of sulfone groups is 1. The molecule has 1 aromatic carbocycles. The Morgan fingerprint density at radius 2 is 2.17 bits per heavy atom. The fourth-order valence-electron chi connectivity index (χ4n) is 2.13. The fraction of sp³-hybridized carbons (Fsp3) is 0.500. The van der Waals surface area contributed by atoms with Crippen LogP contribution in [0.25, 0.3) is 0 Å². The van der Waals surface area contributed by atoms with Gasteiger partial charge in [0.2, 0.25) is 0 Å². The molecule has 0 saturated carbocycles. The van der Waals surface area contributed by atoms with Crippen molar-refractivity contribution in [2.45, 2.75) is 25.4 Å². The molecule has 3 nitrogen and oxygen atoms in total. The molecule has 0 amide bonds. The van der Waals surface area contributed by atoms with E-state index in [1.165, 1.54) is 6.07 Å². The number of hydrogen-bond donors (Lipinski definition) is 1. The van der Waals surface area contributed by atoms with Crippen molar-refractivity contribution in [1.29, 1.82) is 0 Å². The van der Waals surface area contributed by atoms with Crippen LogP contribution in [0.1, 0.15) is 24.9 Å². The van der Waals surface area contributed by atoms with Crippen molar-refractivity contribution in [1.82, 2.24) is 5.32 Å². The van der Waals surface area contributed by atoms with Gasteiger partial charge in [-0.25, -0.2) is 12.8 Å². The molecule has 1 N–H and O–H groups in total. The second-order valence-electron chi connectivity index (χ2n) is 4.69. The first-order valence-corrected chi connectivity index (χ1v) is 8.40. The molecule has 6 heteroatoms. The second-order valence-corrected chi connectivity index (χ2v) is 7.83. The van der Waals surface area contributed by atoms with E-state index < -0.39 is 15.9 Å². The molecule has 1 aliphatic rings. The molecule has 1 fully saturated rings. The molecular weight excluding hydrogens is 321 g/mol. The van der Waals surface area contributed by atoms with Gasteiger partial charge in [0, 0.05) is 22.1 Å². The van der Waals surface area contributed by atoms with Crippen molar-refractivity contribution >= 4 is 25.8 Å². The second kappa shape index (κ2) is 5.27. The predicted octanol–water partition coefficient (Wildman–Crippen LogP) is 2.43. The minimum absolute atomic E-state index is 0.0457. The van der Waals surface area contributed by atoms with Crippen molar-refractivity contribution in [2.75, 3.05) is 11.5 Å². The quantitative estimate of drug-likeness (QED) is 0.857. The van der Waals surface area contributed by atoms with Crippen LogP contribution in [0.3, 0.4) is 0 Å². The van der Waals surface area contributed by atoms with Crippen molar-refractivity contribution in [3.8, 4) is 0 Å². The number of nitrogens with one attached hydrogen (secondary N) is 1. The normalized spacial score (nSPS) is 27.7. The lowest BCUT2D eigenvalue weighted by atomic mass is 10.1. The summed E-state index contributed by atoms with van der Waals surface area (Å²) in [6.07, 6.45) is 0.566. The average Bonchev–Trinajstić information content (AvgIpc) is 2.37. The maximum Gasteiger partial charge on any atom is 0.152 e. The van der Waals surface area contributed by atoms with E-state index in [9.17, 15) is 12.8 Å². The molecular formula is C12H15BrFNO2S. The topological polar surface area (TPSA) is 46.2 Å². The van der Waals surface area contributed by atoms with Gasteiger partial charge in [-0.2, -0.15) is 0 Å². The Morgan fingerprint density at radius 3 is 2.83 bits per heavy atom. The van der Waals surface area contributed by atoms with Crippen LogP contribution in [0.4, 0.5) is 4.39 Å². The van der Waals surface area contributed by atoms with Gasteiger partial charge in [0.15, 0.2) is 9.84 Å². The van der Waals surface area contributed by atoms with Gasteiger partial charge in [0.25, 0.3) is 0 Å². The molecule has 2 unspecified atom stereocenters. The Hall–Kier alpha value is -0.460. The number of halogens is 2. The smallest absolute Gasteiger partial charge is 0.152 e. The third-order valence-corrected chi connectivity index (χ3v) is 5.30. The number of benzene rings is 1. The van der Waals surface area contributed by atoms with E-state index >= 15 is 0 Å². The zero-order chi connectivity index (χ0) is 13.3. The van der Waals surface area contributed by atoms with Crippen LogP contribution < -0.4 is 5.32 Å². The monoisotopic (exact) mass is 335 g/mol. The Balaban J connectivity index is 2.35. The van der Waals surface area contributed by atoms with Crippen LogP contribution >= 0.6 is 15.9 Å². The highest BCUT2D eigenvalue weighted by molar-refractivity contribution is 9.10. The van der Waals surface area contributed by atoms with Crippen LogP contribution in [0.15, 0.2) is 22.7 Å². The minimum Gasteiger partial charge on any atom is -0.306 e. The number of rotatable bonds is 1. The molecule has 18 heavy (non-hydrogen) atoms. The third kappa shape index (κ3) is 3.30. The lowest BCUT2D eigenvalue weighted by Crippen LogP contribution is -2.31. The van der Waals surface area contributed by atoms with Gasteiger partial charge >= 0.3 is 0 Å². The first-order chi connectivity index (χ1) is 8.37. The van der Waals surface area contributed by atoms with Crippen molar-refractivity contribution in [3.63, 3.8) is 0 Å². The van der Waals surface area contributed by atoms with E-state index in [-0.39, 0.29) is 23.4 Å². The van der Waals surface area contributed by atoms with E-state index in [1.807, 2.05) is 6.92 Å². The summed E-state index contributed by atoms with van der Waals surface area (Å²) >= 11 is 3.19. The summed E-state index contributed by atoms with van der Waals surface area (Å²) in [5.41, 5.74) is 0.413. The molecule has 1 aliphatic heterocycles. The van der Waals surface area contributed by atoms with Gasteiger partial charge in [-0.3, -0.25) is 0 Å². The van der Waals surface area contributed by atoms with Crippen LogP contribution in [-0.4, -0.2) is 26.0 Å².